The van der Waals surface area contributed by atoms with Crippen LogP contribution in [0.4, 0.5) is 10.1 Å². The van der Waals surface area contributed by atoms with Crippen LogP contribution in [-0.2, 0) is 11.3 Å². The topological polar surface area (TPSA) is 32.3 Å². The fourth-order valence-electron chi connectivity index (χ4n) is 3.35. The highest BCUT2D eigenvalue weighted by Gasteiger charge is 2.25. The lowest BCUT2D eigenvalue weighted by atomic mass is 9.95. The summed E-state index contributed by atoms with van der Waals surface area (Å²) in [6.07, 6.45) is 1.57. The zero-order chi connectivity index (χ0) is 18.7. The number of anilines is 1. The van der Waals surface area contributed by atoms with Gasteiger partial charge in [-0.1, -0.05) is 29.8 Å². The molecular weight excluding hydrogens is 351 g/mol. The van der Waals surface area contributed by atoms with Crippen LogP contribution < -0.4 is 5.32 Å². The summed E-state index contributed by atoms with van der Waals surface area (Å²) >= 11 is 5.80. The van der Waals surface area contributed by atoms with Gasteiger partial charge in [0.15, 0.2) is 0 Å². The van der Waals surface area contributed by atoms with Crippen molar-refractivity contribution in [3.8, 4) is 0 Å². The largest absolute Gasteiger partial charge is 0.326 e. The smallest absolute Gasteiger partial charge is 0.227 e. The molecule has 5 heteroatoms. The van der Waals surface area contributed by atoms with Crippen molar-refractivity contribution < 1.29 is 9.18 Å². The Balaban J connectivity index is 1.54. The molecule has 0 spiro atoms. The quantitative estimate of drug-likeness (QED) is 0.821. The zero-order valence-electron chi connectivity index (χ0n) is 15.2. The first-order valence-corrected chi connectivity index (χ1v) is 9.34. The molecule has 0 radical (unpaired) electrons. The Labute approximate surface area is 159 Å². The predicted molar refractivity (Wildman–Crippen MR) is 104 cm³/mol. The first-order chi connectivity index (χ1) is 12.4. The van der Waals surface area contributed by atoms with Crippen LogP contribution in [0.1, 0.15) is 29.5 Å². The van der Waals surface area contributed by atoms with Crippen LogP contribution >= 0.6 is 11.6 Å². The van der Waals surface area contributed by atoms with Crippen LogP contribution in [-0.4, -0.2) is 23.9 Å². The Hall–Kier alpha value is -1.91. The third-order valence-corrected chi connectivity index (χ3v) is 5.25. The van der Waals surface area contributed by atoms with E-state index in [4.69, 9.17) is 11.6 Å². The van der Waals surface area contributed by atoms with E-state index in [1.807, 2.05) is 32.0 Å². The van der Waals surface area contributed by atoms with E-state index in [0.717, 1.165) is 42.7 Å². The molecular formula is C21H24ClFN2O. The minimum absolute atomic E-state index is 0.00114. The maximum absolute atomic E-state index is 13.9. The lowest BCUT2D eigenvalue weighted by molar-refractivity contribution is -0.121. The molecule has 1 aliphatic heterocycles. The molecule has 1 heterocycles. The number of nitrogens with zero attached hydrogens (tertiary/aromatic N) is 1. The van der Waals surface area contributed by atoms with Gasteiger partial charge in [-0.3, -0.25) is 9.69 Å². The van der Waals surface area contributed by atoms with Gasteiger partial charge in [0.1, 0.15) is 5.82 Å². The molecule has 3 nitrogen and oxygen atoms in total. The number of piperidine rings is 1. The lowest BCUT2D eigenvalue weighted by Gasteiger charge is -2.31. The van der Waals surface area contributed by atoms with Crippen LogP contribution in [0.5, 0.6) is 0 Å². The summed E-state index contributed by atoms with van der Waals surface area (Å²) in [6.45, 7) is 6.13. The highest BCUT2D eigenvalue weighted by atomic mass is 35.5. The second kappa shape index (κ2) is 8.19. The van der Waals surface area contributed by atoms with Gasteiger partial charge in [0.25, 0.3) is 0 Å². The number of nitrogens with one attached hydrogen (secondary N) is 1. The molecule has 3 rings (SSSR count). The summed E-state index contributed by atoms with van der Waals surface area (Å²) in [5, 5.41) is 3.48. The molecule has 2 aromatic carbocycles. The summed E-state index contributed by atoms with van der Waals surface area (Å²) in [6, 6.07) is 10.9. The van der Waals surface area contributed by atoms with Gasteiger partial charge in [-0.15, -0.1) is 0 Å². The molecule has 0 unspecified atom stereocenters. The Kier molecular flexibility index (Phi) is 5.94. The molecule has 0 saturated carbocycles. The molecule has 1 N–H and O–H groups in total. The SMILES string of the molecule is Cc1ccc(C)c(NC(=O)C2CCN(Cc3ccc(Cl)cc3F)CC2)c1. The number of rotatable bonds is 4. The second-order valence-electron chi connectivity index (χ2n) is 7.09. The number of benzene rings is 2. The van der Waals surface area contributed by atoms with E-state index in [-0.39, 0.29) is 17.6 Å². The number of aryl methyl sites for hydroxylation is 2. The number of amides is 1. The molecule has 2 aromatic rings. The minimum Gasteiger partial charge on any atom is -0.326 e. The van der Waals surface area contributed by atoms with Crippen molar-refractivity contribution in [2.75, 3.05) is 18.4 Å². The number of halogens is 2. The third-order valence-electron chi connectivity index (χ3n) is 5.02. The van der Waals surface area contributed by atoms with E-state index in [0.29, 0.717) is 17.1 Å². The van der Waals surface area contributed by atoms with Gasteiger partial charge in [-0.05, 0) is 69.1 Å². The molecule has 0 aromatic heterocycles. The van der Waals surface area contributed by atoms with Crippen LogP contribution in [0, 0.1) is 25.6 Å². The van der Waals surface area contributed by atoms with E-state index >= 15 is 0 Å². The van der Waals surface area contributed by atoms with Gasteiger partial charge in [0, 0.05) is 28.7 Å². The maximum atomic E-state index is 13.9. The number of carbonyl (C=O) groups is 1. The Morgan fingerprint density at radius 3 is 2.62 bits per heavy atom. The van der Waals surface area contributed by atoms with E-state index in [1.54, 1.807) is 12.1 Å². The predicted octanol–water partition coefficient (Wildman–Crippen LogP) is 4.95. The lowest BCUT2D eigenvalue weighted by Crippen LogP contribution is -2.38. The van der Waals surface area contributed by atoms with Crippen molar-refractivity contribution in [2.45, 2.75) is 33.2 Å². The van der Waals surface area contributed by atoms with Gasteiger partial charge < -0.3 is 5.32 Å². The van der Waals surface area contributed by atoms with E-state index in [1.165, 1.54) is 6.07 Å². The highest BCUT2D eigenvalue weighted by molar-refractivity contribution is 6.30. The molecule has 0 atom stereocenters. The first kappa shape index (κ1) is 18.9. The molecule has 138 valence electrons. The van der Waals surface area contributed by atoms with E-state index in [9.17, 15) is 9.18 Å². The Bertz CT molecular complexity index is 801. The van der Waals surface area contributed by atoms with Crippen LogP contribution in [0.25, 0.3) is 0 Å². The summed E-state index contributed by atoms with van der Waals surface area (Å²) in [7, 11) is 0. The van der Waals surface area contributed by atoms with Crippen molar-refractivity contribution in [3.05, 3.63) is 63.9 Å². The maximum Gasteiger partial charge on any atom is 0.227 e. The first-order valence-electron chi connectivity index (χ1n) is 8.97. The van der Waals surface area contributed by atoms with Crippen molar-refractivity contribution in [1.29, 1.82) is 0 Å². The van der Waals surface area contributed by atoms with Crippen molar-refractivity contribution in [2.24, 2.45) is 5.92 Å². The molecule has 1 saturated heterocycles. The number of likely N-dealkylation sites (tertiary alicyclic amines) is 1. The third kappa shape index (κ3) is 4.63. The average Bonchev–Trinajstić information content (AvgIpc) is 2.61. The van der Waals surface area contributed by atoms with E-state index < -0.39 is 0 Å². The van der Waals surface area contributed by atoms with Gasteiger partial charge in [0.2, 0.25) is 5.91 Å². The Morgan fingerprint density at radius 1 is 1.19 bits per heavy atom. The van der Waals surface area contributed by atoms with Crippen molar-refractivity contribution in [1.82, 2.24) is 4.90 Å². The minimum atomic E-state index is -0.271. The summed E-state index contributed by atoms with van der Waals surface area (Å²) < 4.78 is 13.9. The monoisotopic (exact) mass is 374 g/mol. The number of carbonyl (C=O) groups excluding carboxylic acids is 1. The summed E-state index contributed by atoms with van der Waals surface area (Å²) in [5.74, 6) is -0.190. The number of hydrogen-bond acceptors (Lipinski definition) is 2. The van der Waals surface area contributed by atoms with Gasteiger partial charge >= 0.3 is 0 Å². The van der Waals surface area contributed by atoms with Gasteiger partial charge in [0.05, 0.1) is 0 Å². The zero-order valence-corrected chi connectivity index (χ0v) is 15.9. The molecule has 1 fully saturated rings. The Morgan fingerprint density at radius 2 is 1.92 bits per heavy atom. The van der Waals surface area contributed by atoms with Crippen LogP contribution in [0.3, 0.4) is 0 Å². The number of hydrogen-bond donors (Lipinski definition) is 1. The standard InChI is InChI=1S/C21H24ClFN2O/c1-14-3-4-15(2)20(11-14)24-21(26)16-7-9-25(10-8-16)13-17-5-6-18(22)12-19(17)23/h3-6,11-12,16H,7-10,13H2,1-2H3,(H,24,26). The van der Waals surface area contributed by atoms with Crippen molar-refractivity contribution >= 4 is 23.2 Å². The normalized spacial score (nSPS) is 15.8. The van der Waals surface area contributed by atoms with Crippen LogP contribution in [0.15, 0.2) is 36.4 Å². The van der Waals surface area contributed by atoms with Gasteiger partial charge in [-0.25, -0.2) is 4.39 Å². The fourth-order valence-corrected chi connectivity index (χ4v) is 3.51. The molecule has 1 amide bonds. The molecule has 0 aliphatic carbocycles. The van der Waals surface area contributed by atoms with Gasteiger partial charge in [-0.2, -0.15) is 0 Å². The average molecular weight is 375 g/mol. The van der Waals surface area contributed by atoms with Crippen molar-refractivity contribution in [3.63, 3.8) is 0 Å². The summed E-state index contributed by atoms with van der Waals surface area (Å²) in [4.78, 5) is 14.8. The highest BCUT2D eigenvalue weighted by Crippen LogP contribution is 2.24. The molecule has 0 bridgehead atoms. The summed E-state index contributed by atoms with van der Waals surface area (Å²) in [5.41, 5.74) is 3.73. The van der Waals surface area contributed by atoms with Crippen LogP contribution in [0.2, 0.25) is 5.02 Å². The second-order valence-corrected chi connectivity index (χ2v) is 7.53. The molecule has 26 heavy (non-hydrogen) atoms. The fraction of sp³-hybridized carbons (Fsp3) is 0.381. The molecule has 1 aliphatic rings. The van der Waals surface area contributed by atoms with E-state index in [2.05, 4.69) is 10.2 Å².